The average Bonchev–Trinajstić information content (AvgIpc) is 2.45. The number of nitrogens with zero attached hydrogens (tertiary/aromatic N) is 2. The van der Waals surface area contributed by atoms with Crippen molar-refractivity contribution in [2.75, 3.05) is 0 Å². The Morgan fingerprint density at radius 3 is 2.76 bits per heavy atom. The minimum atomic E-state index is -0.574. The summed E-state index contributed by atoms with van der Waals surface area (Å²) in [6, 6.07) is 11.5. The van der Waals surface area contributed by atoms with Crippen molar-refractivity contribution >= 4 is 17.3 Å². The third-order valence-electron chi connectivity index (χ3n) is 2.96. The molecule has 0 bridgehead atoms. The Morgan fingerprint density at radius 2 is 2.14 bits per heavy atom. The average molecular weight is 303 g/mol. The first-order valence-electron chi connectivity index (χ1n) is 6.08. The van der Waals surface area contributed by atoms with Crippen molar-refractivity contribution in [1.82, 2.24) is 0 Å². The van der Waals surface area contributed by atoms with Gasteiger partial charge in [-0.05, 0) is 30.7 Å². The molecule has 6 heteroatoms. The predicted molar refractivity (Wildman–Crippen MR) is 78.3 cm³/mol. The van der Waals surface area contributed by atoms with E-state index in [1.54, 1.807) is 24.3 Å². The van der Waals surface area contributed by atoms with Gasteiger partial charge in [0.2, 0.25) is 0 Å². The summed E-state index contributed by atoms with van der Waals surface area (Å²) in [6.07, 6.45) is 0. The van der Waals surface area contributed by atoms with Crippen molar-refractivity contribution in [1.29, 1.82) is 5.26 Å². The van der Waals surface area contributed by atoms with E-state index in [0.717, 1.165) is 5.56 Å². The third kappa shape index (κ3) is 3.30. The maximum absolute atomic E-state index is 10.9. The lowest BCUT2D eigenvalue weighted by Gasteiger charge is -2.10. The molecule has 0 radical (unpaired) electrons. The van der Waals surface area contributed by atoms with E-state index >= 15 is 0 Å². The molecule has 0 atom stereocenters. The van der Waals surface area contributed by atoms with Crippen LogP contribution in [0.4, 0.5) is 5.69 Å². The van der Waals surface area contributed by atoms with Crippen LogP contribution in [0.5, 0.6) is 5.75 Å². The molecule has 0 saturated carbocycles. The van der Waals surface area contributed by atoms with Crippen LogP contribution in [0.2, 0.25) is 5.02 Å². The van der Waals surface area contributed by atoms with Crippen LogP contribution in [-0.2, 0) is 6.61 Å². The van der Waals surface area contributed by atoms with E-state index < -0.39 is 4.92 Å². The first-order chi connectivity index (χ1) is 10.0. The summed E-state index contributed by atoms with van der Waals surface area (Å²) in [5.74, 6) is 0.620. The number of nitro benzene ring substituents is 1. The van der Waals surface area contributed by atoms with Gasteiger partial charge in [0.25, 0.3) is 5.69 Å². The molecule has 2 aromatic rings. The van der Waals surface area contributed by atoms with Crippen molar-refractivity contribution < 1.29 is 9.66 Å². The molecule has 2 rings (SSSR count). The Balaban J connectivity index is 2.26. The Bertz CT molecular complexity index is 738. The molecule has 0 aliphatic rings. The summed E-state index contributed by atoms with van der Waals surface area (Å²) < 4.78 is 5.62. The number of aryl methyl sites for hydroxylation is 1. The highest BCUT2D eigenvalue weighted by Crippen LogP contribution is 2.25. The highest BCUT2D eigenvalue weighted by molar-refractivity contribution is 6.30. The fourth-order valence-electron chi connectivity index (χ4n) is 1.92. The number of hydrogen-bond donors (Lipinski definition) is 0. The molecular formula is C15H11ClN2O3. The summed E-state index contributed by atoms with van der Waals surface area (Å²) in [6.45, 7) is 1.92. The first kappa shape index (κ1) is 14.8. The molecule has 0 unspecified atom stereocenters. The van der Waals surface area contributed by atoms with Crippen molar-refractivity contribution in [3.05, 3.63) is 68.2 Å². The maximum Gasteiger partial charge on any atom is 0.287 e. The van der Waals surface area contributed by atoms with Crippen LogP contribution in [-0.4, -0.2) is 4.92 Å². The molecule has 5 nitrogen and oxygen atoms in total. The number of hydrogen-bond acceptors (Lipinski definition) is 4. The molecule has 106 valence electrons. The topological polar surface area (TPSA) is 76.2 Å². The van der Waals surface area contributed by atoms with Crippen molar-refractivity contribution in [2.24, 2.45) is 0 Å². The van der Waals surface area contributed by atoms with E-state index in [4.69, 9.17) is 21.6 Å². The molecule has 0 aromatic heterocycles. The van der Waals surface area contributed by atoms with E-state index in [-0.39, 0.29) is 17.9 Å². The van der Waals surface area contributed by atoms with Crippen LogP contribution in [0.1, 0.15) is 16.7 Å². The summed E-state index contributed by atoms with van der Waals surface area (Å²) in [4.78, 5) is 10.3. The predicted octanol–water partition coefficient (Wildman–Crippen LogP) is 4.01. The van der Waals surface area contributed by atoms with Crippen LogP contribution in [0.25, 0.3) is 0 Å². The van der Waals surface area contributed by atoms with E-state index in [9.17, 15) is 10.1 Å². The summed E-state index contributed by atoms with van der Waals surface area (Å²) in [5.41, 5.74) is 1.13. The van der Waals surface area contributed by atoms with Gasteiger partial charge in [-0.15, -0.1) is 0 Å². The zero-order chi connectivity index (χ0) is 15.4. The Morgan fingerprint density at radius 1 is 1.38 bits per heavy atom. The van der Waals surface area contributed by atoms with E-state index in [0.29, 0.717) is 16.3 Å². The summed E-state index contributed by atoms with van der Waals surface area (Å²) in [5, 5.41) is 20.6. The lowest BCUT2D eigenvalue weighted by atomic mass is 10.1. The normalized spacial score (nSPS) is 9.95. The van der Waals surface area contributed by atoms with Gasteiger partial charge in [-0.2, -0.15) is 5.26 Å². The monoisotopic (exact) mass is 302 g/mol. The third-order valence-corrected chi connectivity index (χ3v) is 3.19. The Labute approximate surface area is 126 Å². The standard InChI is InChI=1S/C15H11ClN2O3/c1-10-7-12(16)5-6-15(10)21-9-11-3-2-4-14(18(19)20)13(11)8-17/h2-7H,9H2,1H3. The lowest BCUT2D eigenvalue weighted by molar-refractivity contribution is -0.385. The Kier molecular flexibility index (Phi) is 4.41. The minimum absolute atomic E-state index is 0.0223. The SMILES string of the molecule is Cc1cc(Cl)ccc1OCc1cccc([N+](=O)[O-])c1C#N. The van der Waals surface area contributed by atoms with Crippen LogP contribution >= 0.6 is 11.6 Å². The molecule has 0 fully saturated rings. The molecule has 0 amide bonds. The Hall–Kier alpha value is -2.58. The quantitative estimate of drug-likeness (QED) is 0.631. The number of nitriles is 1. The molecule has 0 saturated heterocycles. The van der Waals surface area contributed by atoms with Gasteiger partial charge in [-0.25, -0.2) is 0 Å². The smallest absolute Gasteiger partial charge is 0.287 e. The second kappa shape index (κ2) is 6.25. The van der Waals surface area contributed by atoms with Crippen LogP contribution in [0.3, 0.4) is 0 Å². The van der Waals surface area contributed by atoms with Gasteiger partial charge in [-0.1, -0.05) is 23.7 Å². The van der Waals surface area contributed by atoms with Crippen LogP contribution < -0.4 is 4.74 Å². The van der Waals surface area contributed by atoms with Gasteiger partial charge in [0.05, 0.1) is 4.92 Å². The van der Waals surface area contributed by atoms with Crippen LogP contribution in [0.15, 0.2) is 36.4 Å². The molecule has 0 heterocycles. The van der Waals surface area contributed by atoms with Gasteiger partial charge in [0.1, 0.15) is 24.0 Å². The van der Waals surface area contributed by atoms with Crippen LogP contribution in [0, 0.1) is 28.4 Å². The molecule has 0 aliphatic heterocycles. The second-order valence-corrected chi connectivity index (χ2v) is 4.82. The molecule has 21 heavy (non-hydrogen) atoms. The van der Waals surface area contributed by atoms with Gasteiger partial charge < -0.3 is 4.74 Å². The first-order valence-corrected chi connectivity index (χ1v) is 6.46. The fourth-order valence-corrected chi connectivity index (χ4v) is 2.15. The van der Waals surface area contributed by atoms with Crippen molar-refractivity contribution in [3.8, 4) is 11.8 Å². The summed E-state index contributed by atoms with van der Waals surface area (Å²) in [7, 11) is 0. The maximum atomic E-state index is 10.9. The van der Waals surface area contributed by atoms with Gasteiger partial charge >= 0.3 is 0 Å². The van der Waals surface area contributed by atoms with E-state index in [1.165, 1.54) is 12.1 Å². The lowest BCUT2D eigenvalue weighted by Crippen LogP contribution is -2.02. The van der Waals surface area contributed by atoms with Crippen molar-refractivity contribution in [3.63, 3.8) is 0 Å². The van der Waals surface area contributed by atoms with Gasteiger partial charge in [0, 0.05) is 16.7 Å². The zero-order valence-electron chi connectivity index (χ0n) is 11.2. The highest BCUT2D eigenvalue weighted by Gasteiger charge is 2.17. The molecule has 2 aromatic carbocycles. The van der Waals surface area contributed by atoms with E-state index in [2.05, 4.69) is 0 Å². The number of benzene rings is 2. The minimum Gasteiger partial charge on any atom is -0.489 e. The van der Waals surface area contributed by atoms with E-state index in [1.807, 2.05) is 13.0 Å². The molecule has 0 spiro atoms. The summed E-state index contributed by atoms with van der Waals surface area (Å²) >= 11 is 5.86. The number of nitro groups is 1. The largest absolute Gasteiger partial charge is 0.489 e. The second-order valence-electron chi connectivity index (χ2n) is 4.38. The highest BCUT2D eigenvalue weighted by atomic mass is 35.5. The molecule has 0 N–H and O–H groups in total. The molecular weight excluding hydrogens is 292 g/mol. The zero-order valence-corrected chi connectivity index (χ0v) is 11.9. The van der Waals surface area contributed by atoms with Crippen molar-refractivity contribution in [2.45, 2.75) is 13.5 Å². The molecule has 0 aliphatic carbocycles. The number of rotatable bonds is 4. The van der Waals surface area contributed by atoms with Gasteiger partial charge in [0.15, 0.2) is 0 Å². The fraction of sp³-hybridized carbons (Fsp3) is 0.133. The number of ether oxygens (including phenoxy) is 1. The number of halogens is 1. The van der Waals surface area contributed by atoms with Gasteiger partial charge in [-0.3, -0.25) is 10.1 Å².